The molecule has 10 heteroatoms. The molecule has 1 N–H and O–H groups in total. The van der Waals surface area contributed by atoms with Crippen LogP contribution in [0.1, 0.15) is 40.0 Å². The molecule has 1 aliphatic rings. The lowest BCUT2D eigenvalue weighted by atomic mass is 9.75. The van der Waals surface area contributed by atoms with Gasteiger partial charge in [-0.05, 0) is 79.1 Å². The zero-order valence-corrected chi connectivity index (χ0v) is 21.3. The van der Waals surface area contributed by atoms with Gasteiger partial charge in [0.05, 0.1) is 16.6 Å². The number of halogens is 3. The first-order valence-corrected chi connectivity index (χ1v) is 12.7. The molecule has 7 nitrogen and oxygen atoms in total. The fourth-order valence-electron chi connectivity index (χ4n) is 5.29. The maximum atomic E-state index is 12.7. The summed E-state index contributed by atoms with van der Waals surface area (Å²) in [6.07, 6.45) is -0.701. The van der Waals surface area contributed by atoms with Crippen LogP contribution in [0.15, 0.2) is 54.9 Å². The molecule has 1 aliphatic carbocycles. The second-order valence-electron chi connectivity index (χ2n) is 10.2. The Morgan fingerprint density at radius 1 is 1.08 bits per heavy atom. The van der Waals surface area contributed by atoms with Crippen LogP contribution in [0.3, 0.4) is 0 Å². The van der Waals surface area contributed by atoms with E-state index >= 15 is 0 Å². The van der Waals surface area contributed by atoms with Gasteiger partial charge in [0.25, 0.3) is 0 Å². The number of aromatic nitrogens is 3. The average Bonchev–Trinajstić information content (AvgIpc) is 3.28. The number of imidazole rings is 1. The smallest absolute Gasteiger partial charge is 0.446 e. The number of rotatable bonds is 5. The van der Waals surface area contributed by atoms with Crippen LogP contribution in [0.5, 0.6) is 5.75 Å². The Labute approximate surface area is 218 Å². The van der Waals surface area contributed by atoms with Crippen LogP contribution in [-0.4, -0.2) is 33.1 Å². The third kappa shape index (κ3) is 5.54. The van der Waals surface area contributed by atoms with E-state index in [2.05, 4.69) is 40.8 Å². The Morgan fingerprint density at radius 2 is 1.84 bits per heavy atom. The summed E-state index contributed by atoms with van der Waals surface area (Å²) in [7, 11) is 0. The molecule has 2 aromatic carbocycles. The molecule has 0 spiro atoms. The molecule has 2 aromatic heterocycles. The molecule has 0 saturated heterocycles. The lowest BCUT2D eigenvalue weighted by molar-refractivity contribution is -0.274. The highest BCUT2D eigenvalue weighted by molar-refractivity contribution is 6.03. The number of pyridine rings is 1. The van der Waals surface area contributed by atoms with Crippen LogP contribution in [-0.2, 0) is 4.74 Å². The minimum atomic E-state index is -4.75. The molecule has 200 valence electrons. The second-order valence-corrected chi connectivity index (χ2v) is 10.2. The standard InChI is InChI=1S/C28H29F3N4O3/c1-16(2)20-9-4-17(3)14-24(20)37-27(36)34-25-13-10-21-22(33-25)11-12-23-26(21)32-15-35(23)18-5-7-19(8-6-18)38-28(29,30)31/h5-8,10-13,15-17,20,24H,4,9,14H2,1-3H3,(H,33,34,36). The number of hydrogen-bond donors (Lipinski definition) is 1. The fraction of sp³-hybridized carbons (Fsp3) is 0.393. The van der Waals surface area contributed by atoms with Gasteiger partial charge in [-0.1, -0.05) is 27.2 Å². The second kappa shape index (κ2) is 10.2. The molecule has 2 heterocycles. The number of fused-ring (bicyclic) bond motifs is 3. The predicted molar refractivity (Wildman–Crippen MR) is 138 cm³/mol. The van der Waals surface area contributed by atoms with Crippen molar-refractivity contribution < 1.29 is 27.4 Å². The summed E-state index contributed by atoms with van der Waals surface area (Å²) in [4.78, 5) is 21.8. The van der Waals surface area contributed by atoms with Gasteiger partial charge in [0.15, 0.2) is 0 Å². The van der Waals surface area contributed by atoms with Crippen LogP contribution in [0.25, 0.3) is 27.6 Å². The van der Waals surface area contributed by atoms with Gasteiger partial charge in [-0.15, -0.1) is 13.2 Å². The van der Waals surface area contributed by atoms with Crippen molar-refractivity contribution in [1.29, 1.82) is 0 Å². The molecular formula is C28H29F3N4O3. The van der Waals surface area contributed by atoms with E-state index in [0.29, 0.717) is 40.3 Å². The van der Waals surface area contributed by atoms with Crippen molar-refractivity contribution >= 4 is 33.8 Å². The van der Waals surface area contributed by atoms with Crippen molar-refractivity contribution in [2.45, 2.75) is 52.5 Å². The minimum absolute atomic E-state index is 0.114. The molecule has 0 bridgehead atoms. The molecule has 4 aromatic rings. The fourth-order valence-corrected chi connectivity index (χ4v) is 5.29. The molecule has 1 fully saturated rings. The maximum Gasteiger partial charge on any atom is 0.573 e. The van der Waals surface area contributed by atoms with Gasteiger partial charge >= 0.3 is 12.5 Å². The first-order valence-electron chi connectivity index (χ1n) is 12.7. The van der Waals surface area contributed by atoms with Crippen molar-refractivity contribution in [1.82, 2.24) is 14.5 Å². The lowest BCUT2D eigenvalue weighted by Crippen LogP contribution is -2.37. The van der Waals surface area contributed by atoms with Gasteiger partial charge in [0.2, 0.25) is 0 Å². The largest absolute Gasteiger partial charge is 0.573 e. The molecule has 1 amide bonds. The Morgan fingerprint density at radius 3 is 2.55 bits per heavy atom. The van der Waals surface area contributed by atoms with Gasteiger partial charge in [0.1, 0.15) is 24.0 Å². The number of alkyl halides is 3. The van der Waals surface area contributed by atoms with Crippen molar-refractivity contribution in [3.8, 4) is 11.4 Å². The highest BCUT2D eigenvalue weighted by Gasteiger charge is 2.33. The van der Waals surface area contributed by atoms with E-state index < -0.39 is 12.5 Å². The summed E-state index contributed by atoms with van der Waals surface area (Å²) in [5.41, 5.74) is 2.71. The number of nitrogens with zero attached hydrogens (tertiary/aromatic N) is 3. The van der Waals surface area contributed by atoms with E-state index in [1.54, 1.807) is 17.0 Å². The normalized spacial score (nSPS) is 20.1. The van der Waals surface area contributed by atoms with Gasteiger partial charge in [-0.3, -0.25) is 9.88 Å². The molecule has 1 saturated carbocycles. The Kier molecular flexibility index (Phi) is 6.90. The van der Waals surface area contributed by atoms with Crippen molar-refractivity contribution in [3.05, 3.63) is 54.9 Å². The number of benzene rings is 2. The van der Waals surface area contributed by atoms with E-state index in [1.807, 2.05) is 18.2 Å². The van der Waals surface area contributed by atoms with E-state index in [-0.39, 0.29) is 11.9 Å². The topological polar surface area (TPSA) is 78.3 Å². The highest BCUT2D eigenvalue weighted by atomic mass is 19.4. The zero-order chi connectivity index (χ0) is 27.0. The Hall–Kier alpha value is -3.82. The number of nitrogens with one attached hydrogen (secondary N) is 1. The number of carbonyl (C=O) groups is 1. The van der Waals surface area contributed by atoms with Crippen molar-refractivity contribution in [3.63, 3.8) is 0 Å². The van der Waals surface area contributed by atoms with Gasteiger partial charge in [-0.25, -0.2) is 14.8 Å². The summed E-state index contributed by atoms with van der Waals surface area (Å²) < 4.78 is 48.9. The quantitative estimate of drug-likeness (QED) is 0.292. The number of ether oxygens (including phenoxy) is 2. The van der Waals surface area contributed by atoms with E-state index in [9.17, 15) is 18.0 Å². The van der Waals surface area contributed by atoms with Crippen LogP contribution in [0.4, 0.5) is 23.8 Å². The Bertz CT molecular complexity index is 1450. The van der Waals surface area contributed by atoms with E-state index in [1.165, 1.54) is 24.3 Å². The van der Waals surface area contributed by atoms with Crippen LogP contribution in [0.2, 0.25) is 0 Å². The van der Waals surface area contributed by atoms with Crippen LogP contribution >= 0.6 is 0 Å². The predicted octanol–water partition coefficient (Wildman–Crippen LogP) is 7.48. The molecule has 3 atom stereocenters. The van der Waals surface area contributed by atoms with E-state index in [0.717, 1.165) is 30.2 Å². The number of amides is 1. The van der Waals surface area contributed by atoms with Crippen molar-refractivity contribution in [2.75, 3.05) is 5.32 Å². The SMILES string of the molecule is CC1CCC(C(C)C)C(OC(=O)Nc2ccc3c(ccc4c3ncn4-c3ccc(OC(F)(F)F)cc3)n2)C1. The number of anilines is 1. The third-order valence-corrected chi connectivity index (χ3v) is 7.18. The molecule has 5 rings (SSSR count). The first kappa shape index (κ1) is 25.8. The lowest BCUT2D eigenvalue weighted by Gasteiger charge is -2.36. The Balaban J connectivity index is 1.33. The highest BCUT2D eigenvalue weighted by Crippen LogP contribution is 2.35. The summed E-state index contributed by atoms with van der Waals surface area (Å²) in [5.74, 6) is 1.39. The van der Waals surface area contributed by atoms with E-state index in [4.69, 9.17) is 4.74 Å². The number of hydrogen-bond acceptors (Lipinski definition) is 5. The zero-order valence-electron chi connectivity index (χ0n) is 21.3. The van der Waals surface area contributed by atoms with Gasteiger partial charge in [-0.2, -0.15) is 0 Å². The first-order chi connectivity index (χ1) is 18.1. The average molecular weight is 527 g/mol. The molecule has 0 radical (unpaired) electrons. The van der Waals surface area contributed by atoms with Gasteiger partial charge < -0.3 is 9.47 Å². The monoisotopic (exact) mass is 526 g/mol. The minimum Gasteiger partial charge on any atom is -0.446 e. The maximum absolute atomic E-state index is 12.7. The summed E-state index contributed by atoms with van der Waals surface area (Å²) >= 11 is 0. The van der Waals surface area contributed by atoms with Crippen LogP contribution in [0, 0.1) is 17.8 Å². The van der Waals surface area contributed by atoms with Gasteiger partial charge in [0, 0.05) is 11.1 Å². The third-order valence-electron chi connectivity index (χ3n) is 7.18. The number of carbonyl (C=O) groups excluding carboxylic acids is 1. The van der Waals surface area contributed by atoms with Crippen LogP contribution < -0.4 is 10.1 Å². The molecule has 0 aliphatic heterocycles. The summed E-state index contributed by atoms with van der Waals surface area (Å²) in [6, 6.07) is 12.7. The van der Waals surface area contributed by atoms with Crippen molar-refractivity contribution in [2.24, 2.45) is 17.8 Å². The summed E-state index contributed by atoms with van der Waals surface area (Å²) in [5, 5.41) is 3.54. The molecular weight excluding hydrogens is 497 g/mol. The molecule has 38 heavy (non-hydrogen) atoms. The summed E-state index contributed by atoms with van der Waals surface area (Å²) in [6.45, 7) is 6.52. The molecule has 3 unspecified atom stereocenters.